The molecule has 5 heteroatoms. The summed E-state index contributed by atoms with van der Waals surface area (Å²) in [5.74, 6) is 1.71. The van der Waals surface area contributed by atoms with Gasteiger partial charge in [-0.1, -0.05) is 20.8 Å². The number of nitrogens with two attached hydrogens (primary N) is 1. The molecule has 0 fully saturated rings. The number of rotatable bonds is 7. The van der Waals surface area contributed by atoms with Crippen LogP contribution < -0.4 is 15.5 Å². The summed E-state index contributed by atoms with van der Waals surface area (Å²) in [5, 5.41) is 0. The average molecular weight is 265 g/mol. The molecule has 0 amide bonds. The van der Waals surface area contributed by atoms with Gasteiger partial charge in [0.2, 0.25) is 5.95 Å². The van der Waals surface area contributed by atoms with Crippen LogP contribution in [0.1, 0.15) is 27.2 Å². The van der Waals surface area contributed by atoms with Crippen LogP contribution in [-0.2, 0) is 0 Å². The molecule has 1 aromatic rings. The molecule has 0 atom stereocenters. The van der Waals surface area contributed by atoms with Gasteiger partial charge in [0.1, 0.15) is 5.82 Å². The van der Waals surface area contributed by atoms with Gasteiger partial charge in [-0.05, 0) is 24.4 Å². The molecule has 1 aromatic heterocycles. The van der Waals surface area contributed by atoms with Crippen molar-refractivity contribution >= 4 is 11.8 Å². The molecule has 0 saturated carbocycles. The van der Waals surface area contributed by atoms with Crippen molar-refractivity contribution in [2.24, 2.45) is 11.1 Å². The zero-order valence-electron chi connectivity index (χ0n) is 12.8. The minimum atomic E-state index is 0.0817. The number of hydrogen-bond donors (Lipinski definition) is 1. The van der Waals surface area contributed by atoms with Gasteiger partial charge in [-0.3, -0.25) is 0 Å². The fourth-order valence-corrected chi connectivity index (χ4v) is 1.86. The van der Waals surface area contributed by atoms with Crippen molar-refractivity contribution in [1.82, 2.24) is 9.97 Å². The summed E-state index contributed by atoms with van der Waals surface area (Å²) in [6.45, 7) is 9.09. The van der Waals surface area contributed by atoms with Crippen molar-refractivity contribution in [3.63, 3.8) is 0 Å². The molecule has 0 unspecified atom stereocenters. The molecule has 0 aliphatic heterocycles. The Morgan fingerprint density at radius 1 is 1.32 bits per heavy atom. The first kappa shape index (κ1) is 15.7. The highest BCUT2D eigenvalue weighted by molar-refractivity contribution is 5.43. The third-order valence-electron chi connectivity index (χ3n) is 3.02. The van der Waals surface area contributed by atoms with Crippen LogP contribution in [0.5, 0.6) is 0 Å². The van der Waals surface area contributed by atoms with E-state index in [-0.39, 0.29) is 5.41 Å². The molecule has 0 aliphatic rings. The van der Waals surface area contributed by atoms with Gasteiger partial charge in [0.15, 0.2) is 0 Å². The number of aromatic nitrogens is 2. The van der Waals surface area contributed by atoms with E-state index in [1.165, 1.54) is 0 Å². The van der Waals surface area contributed by atoms with Crippen LogP contribution in [0, 0.1) is 5.41 Å². The van der Waals surface area contributed by atoms with Crippen molar-refractivity contribution in [2.45, 2.75) is 27.2 Å². The van der Waals surface area contributed by atoms with Crippen LogP contribution in [0.2, 0.25) is 0 Å². The molecule has 0 aromatic carbocycles. The van der Waals surface area contributed by atoms with E-state index < -0.39 is 0 Å². The lowest BCUT2D eigenvalue weighted by Crippen LogP contribution is -2.39. The van der Waals surface area contributed by atoms with Crippen LogP contribution in [0.15, 0.2) is 12.3 Å². The summed E-state index contributed by atoms with van der Waals surface area (Å²) < 4.78 is 0. The highest BCUT2D eigenvalue weighted by Crippen LogP contribution is 2.21. The van der Waals surface area contributed by atoms with Crippen LogP contribution in [0.3, 0.4) is 0 Å². The Bertz CT molecular complexity index is 389. The molecule has 1 rings (SSSR count). The minimum Gasteiger partial charge on any atom is -0.356 e. The van der Waals surface area contributed by atoms with Gasteiger partial charge in [-0.2, -0.15) is 4.98 Å². The standard InChI is InChI=1S/C14H27N5/c1-6-9-19(11-14(2,3)10-15)12-7-8-16-13(17-12)18(4)5/h7-8H,6,9-11,15H2,1-5H3. The molecule has 0 aliphatic carbocycles. The maximum absolute atomic E-state index is 5.84. The quantitative estimate of drug-likeness (QED) is 0.814. The molecule has 5 nitrogen and oxygen atoms in total. The Balaban J connectivity index is 2.95. The van der Waals surface area contributed by atoms with Gasteiger partial charge in [0.05, 0.1) is 0 Å². The van der Waals surface area contributed by atoms with E-state index in [4.69, 9.17) is 5.73 Å². The van der Waals surface area contributed by atoms with E-state index in [1.807, 2.05) is 31.3 Å². The SMILES string of the molecule is CCCN(CC(C)(C)CN)c1ccnc(N(C)C)n1. The fraction of sp³-hybridized carbons (Fsp3) is 0.714. The molecule has 0 spiro atoms. The summed E-state index contributed by atoms with van der Waals surface area (Å²) in [6, 6.07) is 1.97. The number of anilines is 2. The lowest BCUT2D eigenvalue weighted by atomic mass is 9.93. The first-order valence-corrected chi connectivity index (χ1v) is 6.85. The summed E-state index contributed by atoms with van der Waals surface area (Å²) in [4.78, 5) is 13.1. The van der Waals surface area contributed by atoms with Gasteiger partial charge in [-0.15, -0.1) is 0 Å². The zero-order chi connectivity index (χ0) is 14.5. The normalized spacial score (nSPS) is 11.5. The largest absolute Gasteiger partial charge is 0.356 e. The van der Waals surface area contributed by atoms with Crippen molar-refractivity contribution in [2.75, 3.05) is 43.5 Å². The van der Waals surface area contributed by atoms with Crippen molar-refractivity contribution < 1.29 is 0 Å². The van der Waals surface area contributed by atoms with Crippen LogP contribution in [-0.4, -0.2) is 43.7 Å². The van der Waals surface area contributed by atoms with E-state index in [9.17, 15) is 0 Å². The van der Waals surface area contributed by atoms with E-state index in [2.05, 4.69) is 35.6 Å². The van der Waals surface area contributed by atoms with E-state index in [0.29, 0.717) is 6.54 Å². The second kappa shape index (κ2) is 6.70. The molecule has 2 N–H and O–H groups in total. The first-order valence-electron chi connectivity index (χ1n) is 6.85. The summed E-state index contributed by atoms with van der Waals surface area (Å²) in [5.41, 5.74) is 5.92. The Morgan fingerprint density at radius 2 is 2.00 bits per heavy atom. The van der Waals surface area contributed by atoms with Crippen molar-refractivity contribution in [3.8, 4) is 0 Å². The molecule has 108 valence electrons. The molecular formula is C14H27N5. The van der Waals surface area contributed by atoms with Gasteiger partial charge in [-0.25, -0.2) is 4.98 Å². The maximum Gasteiger partial charge on any atom is 0.226 e. The fourth-order valence-electron chi connectivity index (χ4n) is 1.86. The Morgan fingerprint density at radius 3 is 2.53 bits per heavy atom. The van der Waals surface area contributed by atoms with E-state index in [0.717, 1.165) is 31.3 Å². The maximum atomic E-state index is 5.84. The monoisotopic (exact) mass is 265 g/mol. The van der Waals surface area contributed by atoms with Gasteiger partial charge in [0, 0.05) is 33.4 Å². The van der Waals surface area contributed by atoms with Gasteiger partial charge >= 0.3 is 0 Å². The second-order valence-corrected chi connectivity index (χ2v) is 5.90. The third-order valence-corrected chi connectivity index (χ3v) is 3.02. The highest BCUT2D eigenvalue weighted by Gasteiger charge is 2.21. The van der Waals surface area contributed by atoms with Crippen LogP contribution in [0.25, 0.3) is 0 Å². The first-order chi connectivity index (χ1) is 8.89. The number of hydrogen-bond acceptors (Lipinski definition) is 5. The summed E-state index contributed by atoms with van der Waals surface area (Å²) in [7, 11) is 3.90. The highest BCUT2D eigenvalue weighted by atomic mass is 15.3. The van der Waals surface area contributed by atoms with Crippen molar-refractivity contribution in [3.05, 3.63) is 12.3 Å². The molecule has 0 radical (unpaired) electrons. The predicted octanol–water partition coefficient (Wildman–Crippen LogP) is 1.74. The smallest absolute Gasteiger partial charge is 0.226 e. The third kappa shape index (κ3) is 4.67. The molecular weight excluding hydrogens is 238 g/mol. The van der Waals surface area contributed by atoms with Crippen molar-refractivity contribution in [1.29, 1.82) is 0 Å². The summed E-state index contributed by atoms with van der Waals surface area (Å²) in [6.07, 6.45) is 2.90. The predicted molar refractivity (Wildman–Crippen MR) is 81.7 cm³/mol. The molecule has 19 heavy (non-hydrogen) atoms. The lowest BCUT2D eigenvalue weighted by molar-refractivity contribution is 0.376. The minimum absolute atomic E-state index is 0.0817. The second-order valence-electron chi connectivity index (χ2n) is 5.90. The Kier molecular flexibility index (Phi) is 5.54. The Hall–Kier alpha value is -1.36. The van der Waals surface area contributed by atoms with Crippen LogP contribution >= 0.6 is 0 Å². The van der Waals surface area contributed by atoms with E-state index in [1.54, 1.807) is 0 Å². The van der Waals surface area contributed by atoms with Gasteiger partial charge in [0.25, 0.3) is 0 Å². The average Bonchev–Trinajstić information content (AvgIpc) is 2.38. The molecule has 1 heterocycles. The lowest BCUT2D eigenvalue weighted by Gasteiger charge is -2.32. The zero-order valence-corrected chi connectivity index (χ0v) is 12.8. The van der Waals surface area contributed by atoms with Gasteiger partial charge < -0.3 is 15.5 Å². The molecule has 0 bridgehead atoms. The van der Waals surface area contributed by atoms with Crippen LogP contribution in [0.4, 0.5) is 11.8 Å². The number of nitrogens with zero attached hydrogens (tertiary/aromatic N) is 4. The molecule has 0 saturated heterocycles. The van der Waals surface area contributed by atoms with E-state index >= 15 is 0 Å². The Labute approximate surface area is 116 Å². The summed E-state index contributed by atoms with van der Waals surface area (Å²) >= 11 is 0. The topological polar surface area (TPSA) is 58.3 Å².